The van der Waals surface area contributed by atoms with Crippen molar-refractivity contribution in [3.63, 3.8) is 0 Å². The Bertz CT molecular complexity index is 697. The van der Waals surface area contributed by atoms with E-state index in [1.54, 1.807) is 12.5 Å². The molecule has 4 rings (SSSR count). The summed E-state index contributed by atoms with van der Waals surface area (Å²) in [6, 6.07) is 4.39. The van der Waals surface area contributed by atoms with Gasteiger partial charge in [-0.05, 0) is 25.0 Å². The Morgan fingerprint density at radius 2 is 1.79 bits per heavy atom. The summed E-state index contributed by atoms with van der Waals surface area (Å²) in [4.78, 5) is 13.4. The minimum atomic E-state index is 0.281. The number of ether oxygens (including phenoxy) is 1. The molecule has 0 aromatic carbocycles. The van der Waals surface area contributed by atoms with Gasteiger partial charge >= 0.3 is 0 Å². The maximum atomic E-state index is 5.78. The number of aromatic nitrogens is 2. The molecule has 4 heterocycles. The molecule has 7 heteroatoms. The van der Waals surface area contributed by atoms with Gasteiger partial charge in [0, 0.05) is 36.0 Å². The van der Waals surface area contributed by atoms with Crippen molar-refractivity contribution in [1.82, 2.24) is 14.9 Å². The van der Waals surface area contributed by atoms with Crippen LogP contribution in [0.1, 0.15) is 40.1 Å². The van der Waals surface area contributed by atoms with E-state index >= 15 is 0 Å². The Balaban J connectivity index is 1.46. The van der Waals surface area contributed by atoms with Crippen molar-refractivity contribution < 1.29 is 13.6 Å². The van der Waals surface area contributed by atoms with E-state index in [4.69, 9.17) is 13.6 Å². The smallest absolute Gasteiger partial charge is 0.180 e. The second-order valence-corrected chi connectivity index (χ2v) is 7.11. The molecule has 0 bridgehead atoms. The van der Waals surface area contributed by atoms with E-state index < -0.39 is 0 Å². The van der Waals surface area contributed by atoms with Crippen molar-refractivity contribution in [3.05, 3.63) is 58.6 Å². The first-order valence-electron chi connectivity index (χ1n) is 8.03. The van der Waals surface area contributed by atoms with E-state index in [-0.39, 0.29) is 6.10 Å². The van der Waals surface area contributed by atoms with Gasteiger partial charge in [0.05, 0.1) is 17.5 Å². The maximum absolute atomic E-state index is 5.78. The van der Waals surface area contributed by atoms with Crippen LogP contribution in [0.4, 0.5) is 0 Å². The third kappa shape index (κ3) is 3.75. The normalized spacial score (nSPS) is 17.8. The standard InChI is InChI=1S/C17H19N3O3S/c1-2-16(23-5-1)17-4-3-15(24-17)8-20(6-13-9-21-11-18-13)7-14-10-22-12-19-14/h3-4,9-12,16H,1-2,5-8H2. The fourth-order valence-electron chi connectivity index (χ4n) is 2.93. The Morgan fingerprint density at radius 3 is 2.38 bits per heavy atom. The Kier molecular flexibility index (Phi) is 4.73. The van der Waals surface area contributed by atoms with E-state index in [0.717, 1.165) is 37.4 Å². The van der Waals surface area contributed by atoms with E-state index in [1.165, 1.54) is 22.5 Å². The summed E-state index contributed by atoms with van der Waals surface area (Å²) >= 11 is 1.83. The predicted octanol–water partition coefficient (Wildman–Crippen LogP) is 3.78. The average Bonchev–Trinajstić information content (AvgIpc) is 3.37. The highest BCUT2D eigenvalue weighted by Gasteiger charge is 2.20. The SMILES string of the molecule is c1nc(CN(Cc2cocn2)Cc2ccc(C3CCCO3)s2)co1. The zero-order valence-electron chi connectivity index (χ0n) is 13.3. The first-order chi connectivity index (χ1) is 11.9. The lowest BCUT2D eigenvalue weighted by molar-refractivity contribution is 0.114. The van der Waals surface area contributed by atoms with Crippen LogP contribution in [0, 0.1) is 0 Å². The molecular formula is C17H19N3O3S. The fourth-order valence-corrected chi connectivity index (χ4v) is 4.07. The van der Waals surface area contributed by atoms with Crippen molar-refractivity contribution in [2.45, 2.75) is 38.6 Å². The first kappa shape index (κ1) is 15.6. The fraction of sp³-hybridized carbons (Fsp3) is 0.412. The minimum absolute atomic E-state index is 0.281. The molecule has 24 heavy (non-hydrogen) atoms. The van der Waals surface area contributed by atoms with Crippen molar-refractivity contribution >= 4 is 11.3 Å². The maximum Gasteiger partial charge on any atom is 0.180 e. The zero-order chi connectivity index (χ0) is 16.2. The molecule has 0 amide bonds. The predicted molar refractivity (Wildman–Crippen MR) is 88.2 cm³/mol. The van der Waals surface area contributed by atoms with E-state index in [0.29, 0.717) is 13.1 Å². The summed E-state index contributed by atoms with van der Waals surface area (Å²) < 4.78 is 16.0. The van der Waals surface area contributed by atoms with Gasteiger partial charge in [0.25, 0.3) is 0 Å². The van der Waals surface area contributed by atoms with Gasteiger partial charge in [-0.15, -0.1) is 11.3 Å². The van der Waals surface area contributed by atoms with E-state index in [1.807, 2.05) is 11.3 Å². The van der Waals surface area contributed by atoms with Crippen molar-refractivity contribution in [2.75, 3.05) is 6.61 Å². The summed E-state index contributed by atoms with van der Waals surface area (Å²) in [5.74, 6) is 0. The highest BCUT2D eigenvalue weighted by Crippen LogP contribution is 2.33. The molecule has 126 valence electrons. The lowest BCUT2D eigenvalue weighted by Crippen LogP contribution is -2.22. The quantitative estimate of drug-likeness (QED) is 0.649. The number of thiophene rings is 1. The van der Waals surface area contributed by atoms with Crippen LogP contribution in [-0.4, -0.2) is 21.5 Å². The summed E-state index contributed by atoms with van der Waals surface area (Å²) in [6.45, 7) is 3.12. The van der Waals surface area contributed by atoms with Crippen molar-refractivity contribution in [2.24, 2.45) is 0 Å². The van der Waals surface area contributed by atoms with Crippen LogP contribution < -0.4 is 0 Å². The van der Waals surface area contributed by atoms with Crippen molar-refractivity contribution in [3.8, 4) is 0 Å². The van der Waals surface area contributed by atoms with Crippen LogP contribution in [-0.2, 0) is 24.4 Å². The lowest BCUT2D eigenvalue weighted by atomic mass is 10.2. The monoisotopic (exact) mass is 345 g/mol. The zero-order valence-corrected chi connectivity index (χ0v) is 14.1. The van der Waals surface area contributed by atoms with Crippen LogP contribution >= 0.6 is 11.3 Å². The molecule has 0 spiro atoms. The molecule has 1 unspecified atom stereocenters. The van der Waals surface area contributed by atoms with Gasteiger partial charge in [0.15, 0.2) is 12.8 Å². The van der Waals surface area contributed by atoms with Gasteiger partial charge in [-0.25, -0.2) is 9.97 Å². The van der Waals surface area contributed by atoms with Gasteiger partial charge < -0.3 is 13.6 Å². The number of hydrogen-bond acceptors (Lipinski definition) is 7. The summed E-state index contributed by atoms with van der Waals surface area (Å²) in [6.07, 6.45) is 8.85. The second-order valence-electron chi connectivity index (χ2n) is 5.91. The second kappa shape index (κ2) is 7.29. The average molecular weight is 345 g/mol. The van der Waals surface area contributed by atoms with E-state index in [9.17, 15) is 0 Å². The third-order valence-corrected chi connectivity index (χ3v) is 5.21. The molecule has 0 aliphatic carbocycles. The number of rotatable bonds is 7. The summed E-state index contributed by atoms with van der Waals surface area (Å²) in [5.41, 5.74) is 1.82. The summed E-state index contributed by atoms with van der Waals surface area (Å²) in [5, 5.41) is 0. The summed E-state index contributed by atoms with van der Waals surface area (Å²) in [7, 11) is 0. The van der Waals surface area contributed by atoms with Gasteiger partial charge in [-0.3, -0.25) is 4.90 Å². The third-order valence-electron chi connectivity index (χ3n) is 4.05. The molecule has 0 radical (unpaired) electrons. The Morgan fingerprint density at radius 1 is 1.04 bits per heavy atom. The molecule has 3 aromatic rings. The number of hydrogen-bond donors (Lipinski definition) is 0. The van der Waals surface area contributed by atoms with Crippen molar-refractivity contribution in [1.29, 1.82) is 0 Å². The van der Waals surface area contributed by atoms with Crippen LogP contribution in [0.5, 0.6) is 0 Å². The Labute approximate surface area is 144 Å². The molecule has 0 N–H and O–H groups in total. The van der Waals surface area contributed by atoms with Crippen LogP contribution in [0.2, 0.25) is 0 Å². The number of oxazole rings is 2. The van der Waals surface area contributed by atoms with Crippen LogP contribution in [0.3, 0.4) is 0 Å². The van der Waals surface area contributed by atoms with Crippen LogP contribution in [0.25, 0.3) is 0 Å². The van der Waals surface area contributed by atoms with Gasteiger partial charge in [-0.2, -0.15) is 0 Å². The molecular weight excluding hydrogens is 326 g/mol. The lowest BCUT2D eigenvalue weighted by Gasteiger charge is -2.19. The topological polar surface area (TPSA) is 64.5 Å². The highest BCUT2D eigenvalue weighted by atomic mass is 32.1. The molecule has 1 atom stereocenters. The van der Waals surface area contributed by atoms with Gasteiger partial charge in [-0.1, -0.05) is 0 Å². The molecule has 6 nitrogen and oxygen atoms in total. The first-order valence-corrected chi connectivity index (χ1v) is 8.85. The van der Waals surface area contributed by atoms with Gasteiger partial charge in [0.1, 0.15) is 12.5 Å². The molecule has 0 saturated carbocycles. The molecule has 3 aromatic heterocycles. The number of nitrogens with zero attached hydrogens (tertiary/aromatic N) is 3. The highest BCUT2D eigenvalue weighted by molar-refractivity contribution is 7.12. The Hall–Kier alpha value is -1.96. The van der Waals surface area contributed by atoms with Gasteiger partial charge in [0.2, 0.25) is 0 Å². The van der Waals surface area contributed by atoms with E-state index in [2.05, 4.69) is 27.0 Å². The molecule has 1 saturated heterocycles. The molecule has 1 aliphatic rings. The largest absolute Gasteiger partial charge is 0.451 e. The van der Waals surface area contributed by atoms with Crippen LogP contribution in [0.15, 0.2) is 46.3 Å². The minimum Gasteiger partial charge on any atom is -0.451 e. The molecule has 1 fully saturated rings. The molecule has 1 aliphatic heterocycles.